The summed E-state index contributed by atoms with van der Waals surface area (Å²) < 4.78 is 5.36. The van der Waals surface area contributed by atoms with Crippen LogP contribution in [0.2, 0.25) is 5.02 Å². The van der Waals surface area contributed by atoms with E-state index in [2.05, 4.69) is 37.9 Å². The zero-order valence-corrected chi connectivity index (χ0v) is 15.4. The van der Waals surface area contributed by atoms with Crippen LogP contribution in [0.4, 0.5) is 17.5 Å². The molecule has 0 amide bonds. The van der Waals surface area contributed by atoms with Crippen LogP contribution in [0.5, 0.6) is 5.75 Å². The number of aryl methyl sites for hydroxylation is 1. The molecule has 2 N–H and O–H groups in total. The van der Waals surface area contributed by atoms with E-state index in [-0.39, 0.29) is 0 Å². The molecule has 0 saturated heterocycles. The average Bonchev–Trinajstić information content (AvgIpc) is 2.66. The standard InChI is InChI=1S/C19H20ClN5O/c1-13-10-16(17(26-2)11-15(13)20)23-19-24-18(12-22-25-19)21-9-8-14-6-4-3-5-7-14/h3-7,10-12H,8-9H2,1-2H3,(H2,21,23,24,25). The highest BCUT2D eigenvalue weighted by Gasteiger charge is 2.09. The summed E-state index contributed by atoms with van der Waals surface area (Å²) in [6.45, 7) is 2.68. The molecule has 0 radical (unpaired) electrons. The molecule has 3 aromatic rings. The van der Waals surface area contributed by atoms with Crippen molar-refractivity contribution < 1.29 is 4.74 Å². The third-order valence-electron chi connectivity index (χ3n) is 3.85. The molecular weight excluding hydrogens is 350 g/mol. The Morgan fingerprint density at radius 3 is 2.73 bits per heavy atom. The van der Waals surface area contributed by atoms with Gasteiger partial charge in [-0.3, -0.25) is 0 Å². The summed E-state index contributed by atoms with van der Waals surface area (Å²) in [5.74, 6) is 1.66. The van der Waals surface area contributed by atoms with E-state index in [1.807, 2.05) is 31.2 Å². The van der Waals surface area contributed by atoms with Crippen LogP contribution in [0, 0.1) is 6.92 Å². The Morgan fingerprint density at radius 2 is 1.96 bits per heavy atom. The van der Waals surface area contributed by atoms with Gasteiger partial charge in [0, 0.05) is 17.6 Å². The second kappa shape index (κ2) is 8.49. The molecule has 1 heterocycles. The zero-order valence-electron chi connectivity index (χ0n) is 14.7. The first-order valence-electron chi connectivity index (χ1n) is 8.24. The van der Waals surface area contributed by atoms with Gasteiger partial charge in [0.2, 0.25) is 5.95 Å². The van der Waals surface area contributed by atoms with Crippen LogP contribution in [0.1, 0.15) is 11.1 Å². The van der Waals surface area contributed by atoms with Crippen molar-refractivity contribution in [3.05, 3.63) is 64.8 Å². The van der Waals surface area contributed by atoms with Gasteiger partial charge in [0.05, 0.1) is 19.0 Å². The van der Waals surface area contributed by atoms with Gasteiger partial charge in [-0.2, -0.15) is 10.1 Å². The monoisotopic (exact) mass is 369 g/mol. The maximum absolute atomic E-state index is 6.14. The van der Waals surface area contributed by atoms with Crippen LogP contribution >= 0.6 is 11.6 Å². The van der Waals surface area contributed by atoms with E-state index in [1.54, 1.807) is 19.4 Å². The quantitative estimate of drug-likeness (QED) is 0.649. The molecule has 0 aliphatic heterocycles. The Hall–Kier alpha value is -2.86. The molecule has 0 unspecified atom stereocenters. The summed E-state index contributed by atoms with van der Waals surface area (Å²) in [4.78, 5) is 4.44. The number of rotatable bonds is 7. The number of nitrogens with one attached hydrogen (secondary N) is 2. The number of nitrogens with zero attached hydrogens (tertiary/aromatic N) is 3. The van der Waals surface area contributed by atoms with Crippen molar-refractivity contribution in [1.29, 1.82) is 0 Å². The van der Waals surface area contributed by atoms with Crippen molar-refractivity contribution in [1.82, 2.24) is 15.2 Å². The lowest BCUT2D eigenvalue weighted by molar-refractivity contribution is 0.416. The molecule has 0 saturated carbocycles. The van der Waals surface area contributed by atoms with Gasteiger partial charge in [-0.1, -0.05) is 41.9 Å². The summed E-state index contributed by atoms with van der Waals surface area (Å²) in [7, 11) is 1.59. The lowest BCUT2D eigenvalue weighted by Crippen LogP contribution is -2.09. The van der Waals surface area contributed by atoms with Gasteiger partial charge in [0.25, 0.3) is 0 Å². The van der Waals surface area contributed by atoms with Crippen molar-refractivity contribution in [2.24, 2.45) is 0 Å². The predicted octanol–water partition coefficient (Wildman–Crippen LogP) is 4.24. The number of aromatic nitrogens is 3. The van der Waals surface area contributed by atoms with E-state index in [0.717, 1.165) is 24.2 Å². The number of halogens is 1. The third kappa shape index (κ3) is 4.61. The molecule has 1 aromatic heterocycles. The molecule has 3 rings (SSSR count). The second-order valence-electron chi connectivity index (χ2n) is 5.75. The lowest BCUT2D eigenvalue weighted by Gasteiger charge is -2.12. The fraction of sp³-hybridized carbons (Fsp3) is 0.211. The number of anilines is 3. The molecule has 0 fully saturated rings. The Kier molecular flexibility index (Phi) is 5.86. The van der Waals surface area contributed by atoms with Crippen LogP contribution in [0.15, 0.2) is 48.7 Å². The van der Waals surface area contributed by atoms with Gasteiger partial charge < -0.3 is 15.4 Å². The Balaban J connectivity index is 1.67. The third-order valence-corrected chi connectivity index (χ3v) is 4.26. The number of hydrogen-bond acceptors (Lipinski definition) is 6. The Labute approximate surface area is 157 Å². The van der Waals surface area contributed by atoms with E-state index in [4.69, 9.17) is 16.3 Å². The van der Waals surface area contributed by atoms with Crippen molar-refractivity contribution in [2.45, 2.75) is 13.3 Å². The number of ether oxygens (including phenoxy) is 1. The molecule has 0 aliphatic rings. The minimum Gasteiger partial charge on any atom is -0.495 e. The van der Waals surface area contributed by atoms with E-state index < -0.39 is 0 Å². The largest absolute Gasteiger partial charge is 0.495 e. The highest BCUT2D eigenvalue weighted by atomic mass is 35.5. The van der Waals surface area contributed by atoms with Crippen molar-refractivity contribution in [3.8, 4) is 5.75 Å². The van der Waals surface area contributed by atoms with Crippen LogP contribution in [-0.2, 0) is 6.42 Å². The summed E-state index contributed by atoms with van der Waals surface area (Å²) in [5.41, 5.74) is 2.93. The molecule has 26 heavy (non-hydrogen) atoms. The minimum atomic E-state index is 0.384. The molecule has 7 heteroatoms. The Morgan fingerprint density at radius 1 is 1.15 bits per heavy atom. The van der Waals surface area contributed by atoms with E-state index >= 15 is 0 Å². The van der Waals surface area contributed by atoms with Gasteiger partial charge in [-0.25, -0.2) is 0 Å². The van der Waals surface area contributed by atoms with Crippen LogP contribution in [0.25, 0.3) is 0 Å². The molecule has 0 spiro atoms. The van der Waals surface area contributed by atoms with Gasteiger partial charge in [-0.15, -0.1) is 5.10 Å². The van der Waals surface area contributed by atoms with Crippen molar-refractivity contribution >= 4 is 29.1 Å². The number of hydrogen-bond donors (Lipinski definition) is 2. The maximum Gasteiger partial charge on any atom is 0.249 e. The number of benzene rings is 2. The van der Waals surface area contributed by atoms with Crippen LogP contribution in [0.3, 0.4) is 0 Å². The first kappa shape index (κ1) is 17.9. The fourth-order valence-electron chi connectivity index (χ4n) is 2.47. The lowest BCUT2D eigenvalue weighted by atomic mass is 10.1. The normalized spacial score (nSPS) is 10.4. The molecule has 2 aromatic carbocycles. The SMILES string of the molecule is COc1cc(Cl)c(C)cc1Nc1nncc(NCCc2ccccc2)n1. The molecule has 134 valence electrons. The van der Waals surface area contributed by atoms with E-state index in [1.165, 1.54) is 5.56 Å². The molecule has 6 nitrogen and oxygen atoms in total. The summed E-state index contributed by atoms with van der Waals surface area (Å²) in [6.07, 6.45) is 2.50. The second-order valence-corrected chi connectivity index (χ2v) is 6.16. The average molecular weight is 370 g/mol. The highest BCUT2D eigenvalue weighted by Crippen LogP contribution is 2.32. The molecular formula is C19H20ClN5O. The van der Waals surface area contributed by atoms with Crippen LogP contribution < -0.4 is 15.4 Å². The van der Waals surface area contributed by atoms with E-state index in [9.17, 15) is 0 Å². The minimum absolute atomic E-state index is 0.384. The van der Waals surface area contributed by atoms with Gasteiger partial charge in [0.15, 0.2) is 5.82 Å². The van der Waals surface area contributed by atoms with Crippen LogP contribution in [-0.4, -0.2) is 28.8 Å². The Bertz CT molecular complexity index is 873. The molecule has 0 aliphatic carbocycles. The van der Waals surface area contributed by atoms with E-state index in [0.29, 0.717) is 22.5 Å². The number of methoxy groups -OCH3 is 1. The predicted molar refractivity (Wildman–Crippen MR) is 104 cm³/mol. The fourth-order valence-corrected chi connectivity index (χ4v) is 2.63. The topological polar surface area (TPSA) is 72.0 Å². The summed E-state index contributed by atoms with van der Waals surface area (Å²) in [5, 5.41) is 15.1. The first-order valence-corrected chi connectivity index (χ1v) is 8.62. The molecule has 0 atom stereocenters. The van der Waals surface area contributed by atoms with Gasteiger partial charge in [0.1, 0.15) is 5.75 Å². The van der Waals surface area contributed by atoms with Crippen molar-refractivity contribution in [3.63, 3.8) is 0 Å². The first-order chi connectivity index (χ1) is 12.7. The van der Waals surface area contributed by atoms with Crippen molar-refractivity contribution in [2.75, 3.05) is 24.3 Å². The van der Waals surface area contributed by atoms with Gasteiger partial charge in [-0.05, 0) is 30.5 Å². The van der Waals surface area contributed by atoms with Gasteiger partial charge >= 0.3 is 0 Å². The zero-order chi connectivity index (χ0) is 18.4. The molecule has 0 bridgehead atoms. The highest BCUT2D eigenvalue weighted by molar-refractivity contribution is 6.31. The summed E-state index contributed by atoms with van der Waals surface area (Å²) in [6, 6.07) is 13.9. The summed E-state index contributed by atoms with van der Waals surface area (Å²) >= 11 is 6.14. The smallest absolute Gasteiger partial charge is 0.249 e. The maximum atomic E-state index is 6.14.